The molecule has 0 N–H and O–H groups in total. The summed E-state index contributed by atoms with van der Waals surface area (Å²) in [5.41, 5.74) is 0. The molecule has 1 aromatic heterocycles. The van der Waals surface area contributed by atoms with Crippen molar-refractivity contribution < 1.29 is 13.2 Å². The standard InChI is InChI=1S/C15H24N2O3S2/c1-12(2)17(13-8-9-13)14(18)6-4-10-16(3)22(19,20)15-7-5-11-21-15/h5,7,11-13H,4,6,8-10H2,1-3H3. The van der Waals surface area contributed by atoms with Gasteiger partial charge >= 0.3 is 0 Å². The van der Waals surface area contributed by atoms with E-state index in [1.807, 2.05) is 18.7 Å². The third kappa shape index (κ3) is 4.08. The van der Waals surface area contributed by atoms with Crippen LogP contribution in [0, 0.1) is 0 Å². The number of hydrogen-bond acceptors (Lipinski definition) is 4. The fourth-order valence-electron chi connectivity index (χ4n) is 2.53. The lowest BCUT2D eigenvalue weighted by Gasteiger charge is -2.27. The van der Waals surface area contributed by atoms with E-state index in [2.05, 4.69) is 0 Å². The third-order valence-electron chi connectivity index (χ3n) is 3.81. The van der Waals surface area contributed by atoms with E-state index in [-0.39, 0.29) is 11.9 Å². The number of thiophene rings is 1. The molecule has 1 amide bonds. The fraction of sp³-hybridized carbons (Fsp3) is 0.667. The Balaban J connectivity index is 1.84. The van der Waals surface area contributed by atoms with Crippen LogP contribution < -0.4 is 0 Å². The SMILES string of the molecule is CC(C)N(C(=O)CCCN(C)S(=O)(=O)c1cccs1)C1CC1. The largest absolute Gasteiger partial charge is 0.337 e. The van der Waals surface area contributed by atoms with Crippen LogP contribution in [0.1, 0.15) is 39.5 Å². The number of carbonyl (C=O) groups excluding carboxylic acids is 1. The Hall–Kier alpha value is -0.920. The van der Waals surface area contributed by atoms with Crippen LogP contribution in [0.4, 0.5) is 0 Å². The van der Waals surface area contributed by atoms with Crippen molar-refractivity contribution in [2.45, 2.75) is 55.8 Å². The zero-order chi connectivity index (χ0) is 16.3. The Labute approximate surface area is 137 Å². The second-order valence-electron chi connectivity index (χ2n) is 5.99. The van der Waals surface area contributed by atoms with E-state index < -0.39 is 10.0 Å². The van der Waals surface area contributed by atoms with Crippen molar-refractivity contribution in [1.29, 1.82) is 0 Å². The highest BCUT2D eigenvalue weighted by Crippen LogP contribution is 2.29. The second kappa shape index (κ2) is 7.10. The molecule has 0 aliphatic heterocycles. The molecule has 0 aromatic carbocycles. The summed E-state index contributed by atoms with van der Waals surface area (Å²) in [7, 11) is -1.84. The van der Waals surface area contributed by atoms with Crippen LogP contribution >= 0.6 is 11.3 Å². The summed E-state index contributed by atoms with van der Waals surface area (Å²) in [5.74, 6) is 0.138. The summed E-state index contributed by atoms with van der Waals surface area (Å²) >= 11 is 1.21. The van der Waals surface area contributed by atoms with Crippen LogP contribution in [-0.4, -0.2) is 49.2 Å². The van der Waals surface area contributed by atoms with Crippen molar-refractivity contribution in [1.82, 2.24) is 9.21 Å². The third-order valence-corrected chi connectivity index (χ3v) is 7.04. The van der Waals surface area contributed by atoms with E-state index in [1.54, 1.807) is 24.6 Å². The van der Waals surface area contributed by atoms with Crippen molar-refractivity contribution in [3.05, 3.63) is 17.5 Å². The van der Waals surface area contributed by atoms with Gasteiger partial charge in [-0.25, -0.2) is 12.7 Å². The van der Waals surface area contributed by atoms with Crippen LogP contribution in [0.25, 0.3) is 0 Å². The maximum atomic E-state index is 12.3. The maximum Gasteiger partial charge on any atom is 0.252 e. The Kier molecular flexibility index (Phi) is 5.63. The molecule has 1 saturated carbocycles. The van der Waals surface area contributed by atoms with E-state index in [4.69, 9.17) is 0 Å². The van der Waals surface area contributed by atoms with Gasteiger partial charge in [-0.3, -0.25) is 4.79 Å². The van der Waals surface area contributed by atoms with Gasteiger partial charge in [0.15, 0.2) is 0 Å². The van der Waals surface area contributed by atoms with E-state index in [0.717, 1.165) is 12.8 Å². The van der Waals surface area contributed by atoms with Crippen molar-refractivity contribution in [2.75, 3.05) is 13.6 Å². The van der Waals surface area contributed by atoms with Gasteiger partial charge in [-0.2, -0.15) is 0 Å². The molecule has 0 radical (unpaired) electrons. The highest BCUT2D eigenvalue weighted by molar-refractivity contribution is 7.91. The van der Waals surface area contributed by atoms with Gasteiger partial charge in [0.1, 0.15) is 4.21 Å². The Bertz CT molecular complexity index is 590. The molecule has 7 heteroatoms. The highest BCUT2D eigenvalue weighted by Gasteiger charge is 2.33. The lowest BCUT2D eigenvalue weighted by atomic mass is 10.2. The quantitative estimate of drug-likeness (QED) is 0.728. The Morgan fingerprint density at radius 1 is 1.41 bits per heavy atom. The summed E-state index contributed by atoms with van der Waals surface area (Å²) < 4.78 is 26.2. The molecule has 0 bridgehead atoms. The molecule has 1 heterocycles. The summed E-state index contributed by atoms with van der Waals surface area (Å²) in [5, 5.41) is 1.75. The summed E-state index contributed by atoms with van der Waals surface area (Å²) in [6.45, 7) is 4.43. The molecule has 2 rings (SSSR count). The molecule has 22 heavy (non-hydrogen) atoms. The summed E-state index contributed by atoms with van der Waals surface area (Å²) in [6.07, 6.45) is 3.14. The molecule has 1 aromatic rings. The molecule has 124 valence electrons. The van der Waals surface area contributed by atoms with Crippen LogP contribution in [0.5, 0.6) is 0 Å². The van der Waals surface area contributed by atoms with Gasteiger partial charge in [0.05, 0.1) is 0 Å². The van der Waals surface area contributed by atoms with Crippen molar-refractivity contribution in [3.63, 3.8) is 0 Å². The van der Waals surface area contributed by atoms with Gasteiger partial charge < -0.3 is 4.90 Å². The minimum atomic E-state index is -3.41. The van der Waals surface area contributed by atoms with Gasteiger partial charge in [-0.15, -0.1) is 11.3 Å². The van der Waals surface area contributed by atoms with Crippen LogP contribution in [0.2, 0.25) is 0 Å². The lowest BCUT2D eigenvalue weighted by Crippen LogP contribution is -2.39. The normalized spacial score (nSPS) is 15.5. The van der Waals surface area contributed by atoms with Crippen LogP contribution in [0.3, 0.4) is 0 Å². The average molecular weight is 345 g/mol. The predicted octanol–water partition coefficient (Wildman–Crippen LogP) is 2.55. The lowest BCUT2D eigenvalue weighted by molar-refractivity contribution is -0.133. The number of hydrogen-bond donors (Lipinski definition) is 0. The molecule has 0 unspecified atom stereocenters. The minimum absolute atomic E-state index is 0.138. The van der Waals surface area contributed by atoms with Gasteiger partial charge in [-0.05, 0) is 44.6 Å². The molecule has 1 fully saturated rings. The molecular weight excluding hydrogens is 320 g/mol. The molecule has 0 spiro atoms. The number of carbonyl (C=O) groups is 1. The van der Waals surface area contributed by atoms with Crippen LogP contribution in [-0.2, 0) is 14.8 Å². The van der Waals surface area contributed by atoms with Crippen molar-refractivity contribution in [3.8, 4) is 0 Å². The van der Waals surface area contributed by atoms with E-state index in [9.17, 15) is 13.2 Å². The van der Waals surface area contributed by atoms with E-state index >= 15 is 0 Å². The summed E-state index contributed by atoms with van der Waals surface area (Å²) in [6, 6.07) is 3.95. The molecule has 5 nitrogen and oxygen atoms in total. The first kappa shape index (κ1) is 17.4. The first-order chi connectivity index (χ1) is 10.3. The molecule has 0 saturated heterocycles. The molecular formula is C15H24N2O3S2. The minimum Gasteiger partial charge on any atom is -0.337 e. The zero-order valence-electron chi connectivity index (χ0n) is 13.4. The first-order valence-corrected chi connectivity index (χ1v) is 9.97. The van der Waals surface area contributed by atoms with Crippen molar-refractivity contribution in [2.24, 2.45) is 0 Å². The zero-order valence-corrected chi connectivity index (χ0v) is 15.0. The van der Waals surface area contributed by atoms with Gasteiger partial charge in [-0.1, -0.05) is 6.07 Å². The number of nitrogens with zero attached hydrogens (tertiary/aromatic N) is 2. The monoisotopic (exact) mass is 344 g/mol. The topological polar surface area (TPSA) is 57.7 Å². The van der Waals surface area contributed by atoms with Gasteiger partial charge in [0, 0.05) is 32.1 Å². The fourth-order valence-corrected chi connectivity index (χ4v) is 4.94. The van der Waals surface area contributed by atoms with Gasteiger partial charge in [0.2, 0.25) is 5.91 Å². The van der Waals surface area contributed by atoms with Crippen LogP contribution in [0.15, 0.2) is 21.7 Å². The number of amides is 1. The van der Waals surface area contributed by atoms with E-state index in [0.29, 0.717) is 29.6 Å². The number of rotatable bonds is 8. The maximum absolute atomic E-state index is 12.3. The van der Waals surface area contributed by atoms with E-state index in [1.165, 1.54) is 15.6 Å². The molecule has 0 atom stereocenters. The first-order valence-electron chi connectivity index (χ1n) is 7.65. The highest BCUT2D eigenvalue weighted by atomic mass is 32.2. The Morgan fingerprint density at radius 3 is 2.59 bits per heavy atom. The molecule has 1 aliphatic carbocycles. The second-order valence-corrected chi connectivity index (χ2v) is 9.21. The average Bonchev–Trinajstić information content (AvgIpc) is 3.09. The smallest absolute Gasteiger partial charge is 0.252 e. The Morgan fingerprint density at radius 2 is 2.09 bits per heavy atom. The number of sulfonamides is 1. The summed E-state index contributed by atoms with van der Waals surface area (Å²) in [4.78, 5) is 14.2. The molecule has 1 aliphatic rings. The predicted molar refractivity (Wildman–Crippen MR) is 88.4 cm³/mol. The van der Waals surface area contributed by atoms with Crippen molar-refractivity contribution >= 4 is 27.3 Å². The van der Waals surface area contributed by atoms with Gasteiger partial charge in [0.25, 0.3) is 10.0 Å².